The van der Waals surface area contributed by atoms with Crippen LogP contribution >= 0.6 is 11.3 Å². The smallest absolute Gasteiger partial charge is 0.271 e. The number of benzene rings is 1. The molecule has 17 heavy (non-hydrogen) atoms. The Hall–Kier alpha value is -1.68. The predicted molar refractivity (Wildman–Crippen MR) is 68.8 cm³/mol. The first-order chi connectivity index (χ1) is 8.29. The van der Waals surface area contributed by atoms with Crippen LogP contribution in [-0.2, 0) is 13.0 Å². The van der Waals surface area contributed by atoms with Crippen LogP contribution in [0.3, 0.4) is 0 Å². The molecule has 1 amide bonds. The lowest BCUT2D eigenvalue weighted by Gasteiger charge is -2.02. The van der Waals surface area contributed by atoms with Gasteiger partial charge in [0.2, 0.25) is 0 Å². The van der Waals surface area contributed by atoms with E-state index in [0.717, 1.165) is 10.6 Å². The first-order valence-electron chi connectivity index (χ1n) is 5.35. The minimum absolute atomic E-state index is 0.134. The molecule has 2 aromatic rings. The number of hydrogen-bond donors (Lipinski definition) is 1. The minimum atomic E-state index is -0.134. The van der Waals surface area contributed by atoms with Gasteiger partial charge in [-0.05, 0) is 18.9 Å². The second-order valence-corrected chi connectivity index (χ2v) is 4.49. The summed E-state index contributed by atoms with van der Waals surface area (Å²) in [5, 5.41) is 5.49. The average molecular weight is 245 g/mol. The molecule has 0 bridgehead atoms. The van der Waals surface area contributed by atoms with Crippen LogP contribution < -0.4 is 5.32 Å². The second kappa shape index (κ2) is 5.59. The van der Waals surface area contributed by atoms with Crippen molar-refractivity contribution in [1.82, 2.24) is 10.3 Å². The standard InChI is InChI=1S/C13H13N2OS/c1-2-12-15-11(9-17-12)13(16)14-8-10-6-4-3-5-7-10/h3-7,9H,1-2,8H2,(H,14,16). The molecule has 2 rings (SSSR count). The molecule has 1 heterocycles. The molecule has 1 aromatic heterocycles. The maximum atomic E-state index is 11.8. The Morgan fingerprint density at radius 3 is 2.76 bits per heavy atom. The molecule has 0 aliphatic heterocycles. The van der Waals surface area contributed by atoms with Gasteiger partial charge in [0.05, 0.1) is 5.01 Å². The van der Waals surface area contributed by atoms with Crippen LogP contribution in [0.2, 0.25) is 0 Å². The monoisotopic (exact) mass is 245 g/mol. The van der Waals surface area contributed by atoms with Crippen molar-refractivity contribution >= 4 is 17.2 Å². The van der Waals surface area contributed by atoms with E-state index < -0.39 is 0 Å². The van der Waals surface area contributed by atoms with Gasteiger partial charge in [0.15, 0.2) is 0 Å². The highest BCUT2D eigenvalue weighted by Gasteiger charge is 2.09. The lowest BCUT2D eigenvalue weighted by molar-refractivity contribution is 0.0946. The SMILES string of the molecule is [CH2]Cc1nc(C(=O)NCc2ccccc2)cs1. The summed E-state index contributed by atoms with van der Waals surface area (Å²) >= 11 is 1.47. The molecule has 0 atom stereocenters. The third-order valence-corrected chi connectivity index (χ3v) is 3.20. The van der Waals surface area contributed by atoms with Crippen LogP contribution in [0.15, 0.2) is 35.7 Å². The summed E-state index contributed by atoms with van der Waals surface area (Å²) in [6.45, 7) is 4.26. The lowest BCUT2D eigenvalue weighted by Crippen LogP contribution is -2.23. The Bertz CT molecular complexity index is 493. The Labute approximate surface area is 105 Å². The molecule has 87 valence electrons. The lowest BCUT2D eigenvalue weighted by atomic mass is 10.2. The molecule has 4 heteroatoms. The van der Waals surface area contributed by atoms with E-state index in [1.807, 2.05) is 30.3 Å². The van der Waals surface area contributed by atoms with Crippen LogP contribution in [0.5, 0.6) is 0 Å². The molecule has 3 nitrogen and oxygen atoms in total. The molecule has 1 radical (unpaired) electrons. The number of rotatable bonds is 4. The van der Waals surface area contributed by atoms with Gasteiger partial charge in [0.25, 0.3) is 5.91 Å². The maximum Gasteiger partial charge on any atom is 0.271 e. The van der Waals surface area contributed by atoms with Crippen molar-refractivity contribution in [2.24, 2.45) is 0 Å². The number of amides is 1. The number of thiazole rings is 1. The van der Waals surface area contributed by atoms with Crippen LogP contribution in [-0.4, -0.2) is 10.9 Å². The second-order valence-electron chi connectivity index (χ2n) is 3.54. The molecule has 0 saturated carbocycles. The molecule has 1 N–H and O–H groups in total. The number of hydrogen-bond acceptors (Lipinski definition) is 3. The zero-order valence-electron chi connectivity index (χ0n) is 9.35. The van der Waals surface area contributed by atoms with E-state index in [2.05, 4.69) is 17.2 Å². The molecular formula is C13H13N2OS. The molecule has 0 fully saturated rings. The molecule has 0 unspecified atom stereocenters. The highest BCUT2D eigenvalue weighted by Crippen LogP contribution is 2.10. The van der Waals surface area contributed by atoms with E-state index in [1.165, 1.54) is 11.3 Å². The summed E-state index contributed by atoms with van der Waals surface area (Å²) in [4.78, 5) is 15.9. The molecule has 0 aliphatic rings. The largest absolute Gasteiger partial charge is 0.347 e. The highest BCUT2D eigenvalue weighted by atomic mass is 32.1. The maximum absolute atomic E-state index is 11.8. The third-order valence-electron chi connectivity index (χ3n) is 2.29. The summed E-state index contributed by atoms with van der Waals surface area (Å²) in [7, 11) is 0. The van der Waals surface area contributed by atoms with Crippen molar-refractivity contribution in [2.45, 2.75) is 13.0 Å². The van der Waals surface area contributed by atoms with Crippen molar-refractivity contribution in [1.29, 1.82) is 0 Å². The molecule has 0 spiro atoms. The highest BCUT2D eigenvalue weighted by molar-refractivity contribution is 7.09. The Kier molecular flexibility index (Phi) is 3.88. The van der Waals surface area contributed by atoms with E-state index in [1.54, 1.807) is 5.38 Å². The van der Waals surface area contributed by atoms with Crippen LogP contribution in [0, 0.1) is 6.92 Å². The summed E-state index contributed by atoms with van der Waals surface area (Å²) in [6.07, 6.45) is 0.622. The Morgan fingerprint density at radius 2 is 2.12 bits per heavy atom. The Morgan fingerprint density at radius 1 is 1.35 bits per heavy atom. The fourth-order valence-corrected chi connectivity index (χ4v) is 2.08. The van der Waals surface area contributed by atoms with Gasteiger partial charge in [0, 0.05) is 11.9 Å². The van der Waals surface area contributed by atoms with Crippen LogP contribution in [0.4, 0.5) is 0 Å². The zero-order chi connectivity index (χ0) is 12.1. The van der Waals surface area contributed by atoms with E-state index in [0.29, 0.717) is 18.7 Å². The zero-order valence-corrected chi connectivity index (χ0v) is 10.2. The summed E-state index contributed by atoms with van der Waals surface area (Å²) in [5.74, 6) is -0.134. The van der Waals surface area contributed by atoms with Crippen LogP contribution in [0.25, 0.3) is 0 Å². The van der Waals surface area contributed by atoms with Crippen LogP contribution in [0.1, 0.15) is 21.1 Å². The topological polar surface area (TPSA) is 42.0 Å². The molecular weight excluding hydrogens is 232 g/mol. The molecule has 0 saturated heterocycles. The Balaban J connectivity index is 1.93. The third kappa shape index (κ3) is 3.14. The fraction of sp³-hybridized carbons (Fsp3) is 0.154. The quantitative estimate of drug-likeness (QED) is 0.899. The first kappa shape index (κ1) is 11.8. The van der Waals surface area contributed by atoms with Gasteiger partial charge >= 0.3 is 0 Å². The van der Waals surface area contributed by atoms with Crippen molar-refractivity contribution in [2.75, 3.05) is 0 Å². The number of carbonyl (C=O) groups is 1. The van der Waals surface area contributed by atoms with E-state index in [4.69, 9.17) is 0 Å². The van der Waals surface area contributed by atoms with Gasteiger partial charge in [-0.15, -0.1) is 11.3 Å². The number of carbonyl (C=O) groups excluding carboxylic acids is 1. The van der Waals surface area contributed by atoms with Crippen molar-refractivity contribution in [3.05, 3.63) is 58.9 Å². The van der Waals surface area contributed by atoms with E-state index in [9.17, 15) is 4.79 Å². The van der Waals surface area contributed by atoms with Gasteiger partial charge in [-0.3, -0.25) is 4.79 Å². The van der Waals surface area contributed by atoms with Crippen molar-refractivity contribution in [3.63, 3.8) is 0 Å². The molecule has 1 aromatic carbocycles. The fourth-order valence-electron chi connectivity index (χ4n) is 1.40. The summed E-state index contributed by atoms with van der Waals surface area (Å²) < 4.78 is 0. The van der Waals surface area contributed by atoms with E-state index in [-0.39, 0.29) is 5.91 Å². The van der Waals surface area contributed by atoms with Gasteiger partial charge in [0.1, 0.15) is 5.69 Å². The molecule has 0 aliphatic carbocycles. The van der Waals surface area contributed by atoms with Crippen molar-refractivity contribution in [3.8, 4) is 0 Å². The van der Waals surface area contributed by atoms with Gasteiger partial charge in [-0.25, -0.2) is 4.98 Å². The van der Waals surface area contributed by atoms with Gasteiger partial charge in [-0.2, -0.15) is 0 Å². The van der Waals surface area contributed by atoms with E-state index >= 15 is 0 Å². The first-order valence-corrected chi connectivity index (χ1v) is 6.23. The number of aromatic nitrogens is 1. The normalized spacial score (nSPS) is 10.2. The minimum Gasteiger partial charge on any atom is -0.347 e. The van der Waals surface area contributed by atoms with Crippen molar-refractivity contribution < 1.29 is 4.79 Å². The van der Waals surface area contributed by atoms with Gasteiger partial charge in [-0.1, -0.05) is 30.3 Å². The summed E-state index contributed by atoms with van der Waals surface area (Å²) in [6, 6.07) is 9.80. The van der Waals surface area contributed by atoms with Gasteiger partial charge < -0.3 is 5.32 Å². The average Bonchev–Trinajstić information content (AvgIpc) is 2.86. The number of nitrogens with zero attached hydrogens (tertiary/aromatic N) is 1. The number of nitrogens with one attached hydrogen (secondary N) is 1. The predicted octanol–water partition coefficient (Wildman–Crippen LogP) is 2.45. The summed E-state index contributed by atoms with van der Waals surface area (Å²) in [5.41, 5.74) is 1.55.